The molecule has 0 unspecified atom stereocenters. The van der Waals surface area contributed by atoms with Gasteiger partial charge in [0.05, 0.1) is 0 Å². The zero-order valence-corrected chi connectivity index (χ0v) is 8.78. The molecule has 1 fully saturated rings. The summed E-state index contributed by atoms with van der Waals surface area (Å²) < 4.78 is 0. The van der Waals surface area contributed by atoms with E-state index in [1.165, 1.54) is 12.8 Å². The minimum absolute atomic E-state index is 0.264. The van der Waals surface area contributed by atoms with Gasteiger partial charge in [-0.05, 0) is 46.5 Å². The van der Waals surface area contributed by atoms with Crippen LogP contribution in [0.25, 0.3) is 0 Å². The second kappa shape index (κ2) is 2.88. The molecule has 12 heavy (non-hydrogen) atoms. The predicted molar refractivity (Wildman–Crippen MR) is 54.2 cm³/mol. The van der Waals surface area contributed by atoms with Crippen LogP contribution in [-0.2, 0) is 0 Å². The van der Waals surface area contributed by atoms with Gasteiger partial charge in [-0.25, -0.2) is 0 Å². The summed E-state index contributed by atoms with van der Waals surface area (Å²) in [7, 11) is 0. The van der Waals surface area contributed by atoms with E-state index in [0.717, 1.165) is 0 Å². The minimum Gasteiger partial charge on any atom is -0.307 e. The van der Waals surface area contributed by atoms with Gasteiger partial charge in [-0.3, -0.25) is 0 Å². The van der Waals surface area contributed by atoms with E-state index in [9.17, 15) is 0 Å². The largest absolute Gasteiger partial charge is 0.307 e. The standard InChI is InChI=1S/C11H21N/c1-6-9-7-10(2,3)12-11(4,5)8-9/h6,9,12H,1,7-8H2,2-5H3. The summed E-state index contributed by atoms with van der Waals surface area (Å²) in [4.78, 5) is 0. The van der Waals surface area contributed by atoms with Crippen LogP contribution in [0.3, 0.4) is 0 Å². The molecule has 1 saturated heterocycles. The normalized spacial score (nSPS) is 28.3. The lowest BCUT2D eigenvalue weighted by atomic mass is 9.76. The number of hydrogen-bond donors (Lipinski definition) is 1. The number of nitrogens with one attached hydrogen (secondary N) is 1. The molecule has 0 aliphatic carbocycles. The first-order valence-electron chi connectivity index (χ1n) is 4.77. The van der Waals surface area contributed by atoms with Crippen LogP contribution in [0.2, 0.25) is 0 Å². The lowest BCUT2D eigenvalue weighted by Crippen LogP contribution is -2.57. The van der Waals surface area contributed by atoms with Gasteiger partial charge in [-0.2, -0.15) is 0 Å². The van der Waals surface area contributed by atoms with Crippen molar-refractivity contribution in [2.24, 2.45) is 5.92 Å². The SMILES string of the molecule is C=CC1CC(C)(C)NC(C)(C)C1. The van der Waals surface area contributed by atoms with Crippen LogP contribution in [0.1, 0.15) is 40.5 Å². The van der Waals surface area contributed by atoms with Crippen LogP contribution in [0.4, 0.5) is 0 Å². The highest BCUT2D eigenvalue weighted by atomic mass is 15.0. The van der Waals surface area contributed by atoms with Crippen molar-refractivity contribution in [2.45, 2.75) is 51.6 Å². The molecular formula is C11H21N. The van der Waals surface area contributed by atoms with Crippen LogP contribution < -0.4 is 5.32 Å². The van der Waals surface area contributed by atoms with Gasteiger partial charge in [0.2, 0.25) is 0 Å². The first-order chi connectivity index (χ1) is 5.35. The number of rotatable bonds is 1. The van der Waals surface area contributed by atoms with Crippen LogP contribution >= 0.6 is 0 Å². The summed E-state index contributed by atoms with van der Waals surface area (Å²) in [5.74, 6) is 0.677. The van der Waals surface area contributed by atoms with Gasteiger partial charge in [0.15, 0.2) is 0 Å². The maximum atomic E-state index is 3.89. The fourth-order valence-electron chi connectivity index (χ4n) is 2.57. The van der Waals surface area contributed by atoms with E-state index < -0.39 is 0 Å². The second-order valence-electron chi connectivity index (χ2n) is 5.30. The van der Waals surface area contributed by atoms with Gasteiger partial charge in [-0.1, -0.05) is 6.08 Å². The average molecular weight is 167 g/mol. The number of allylic oxidation sites excluding steroid dienone is 1. The summed E-state index contributed by atoms with van der Waals surface area (Å²) in [6.45, 7) is 13.0. The first-order valence-corrected chi connectivity index (χ1v) is 4.77. The third kappa shape index (κ3) is 2.34. The minimum atomic E-state index is 0.264. The Balaban J connectivity index is 2.72. The van der Waals surface area contributed by atoms with Crippen LogP contribution in [0, 0.1) is 5.92 Å². The Bertz CT molecular complexity index is 163. The molecule has 0 aromatic carbocycles. The topological polar surface area (TPSA) is 12.0 Å². The Kier molecular flexibility index (Phi) is 2.35. The van der Waals surface area contributed by atoms with Gasteiger partial charge in [0.25, 0.3) is 0 Å². The zero-order valence-electron chi connectivity index (χ0n) is 8.78. The maximum absolute atomic E-state index is 3.89. The molecule has 70 valence electrons. The monoisotopic (exact) mass is 167 g/mol. The summed E-state index contributed by atoms with van der Waals surface area (Å²) in [6.07, 6.45) is 4.52. The van der Waals surface area contributed by atoms with Crippen molar-refractivity contribution in [1.82, 2.24) is 5.32 Å². The van der Waals surface area contributed by atoms with Crippen molar-refractivity contribution in [3.63, 3.8) is 0 Å². The summed E-state index contributed by atoms with van der Waals surface area (Å²) in [5, 5.41) is 3.65. The maximum Gasteiger partial charge on any atom is 0.0135 e. The molecule has 1 heteroatoms. The van der Waals surface area contributed by atoms with Crippen LogP contribution in [0.5, 0.6) is 0 Å². The molecule has 0 radical (unpaired) electrons. The Morgan fingerprint density at radius 1 is 1.17 bits per heavy atom. The number of hydrogen-bond acceptors (Lipinski definition) is 1. The van der Waals surface area contributed by atoms with Crippen LogP contribution in [-0.4, -0.2) is 11.1 Å². The third-order valence-electron chi connectivity index (χ3n) is 2.56. The summed E-state index contributed by atoms with van der Waals surface area (Å²) >= 11 is 0. The lowest BCUT2D eigenvalue weighted by molar-refractivity contribution is 0.150. The molecule has 0 aromatic rings. The van der Waals surface area contributed by atoms with Crippen LogP contribution in [0.15, 0.2) is 12.7 Å². The quantitative estimate of drug-likeness (QED) is 0.592. The van der Waals surface area contributed by atoms with E-state index in [1.807, 2.05) is 0 Å². The molecule has 0 amide bonds. The van der Waals surface area contributed by atoms with E-state index in [1.54, 1.807) is 0 Å². The number of piperidine rings is 1. The van der Waals surface area contributed by atoms with E-state index in [4.69, 9.17) is 0 Å². The fraction of sp³-hybridized carbons (Fsp3) is 0.818. The molecule has 1 nitrogen and oxygen atoms in total. The average Bonchev–Trinajstić information content (AvgIpc) is 1.80. The molecule has 0 saturated carbocycles. The predicted octanol–water partition coefficient (Wildman–Crippen LogP) is 2.73. The molecule has 1 heterocycles. The smallest absolute Gasteiger partial charge is 0.0135 e. The van der Waals surface area contributed by atoms with Crippen molar-refractivity contribution >= 4 is 0 Å². The molecule has 1 rings (SSSR count). The Labute approximate surface area is 76.2 Å². The van der Waals surface area contributed by atoms with Crippen molar-refractivity contribution < 1.29 is 0 Å². The molecule has 0 bridgehead atoms. The molecule has 0 aromatic heterocycles. The Hall–Kier alpha value is -0.300. The van der Waals surface area contributed by atoms with E-state index in [-0.39, 0.29) is 11.1 Å². The molecule has 1 aliphatic rings. The van der Waals surface area contributed by atoms with Gasteiger partial charge in [0.1, 0.15) is 0 Å². The second-order valence-corrected chi connectivity index (χ2v) is 5.30. The molecule has 1 aliphatic heterocycles. The first kappa shape index (κ1) is 9.79. The highest BCUT2D eigenvalue weighted by molar-refractivity contribution is 5.01. The highest BCUT2D eigenvalue weighted by Crippen LogP contribution is 2.32. The summed E-state index contributed by atoms with van der Waals surface area (Å²) in [5.41, 5.74) is 0.529. The van der Waals surface area contributed by atoms with Gasteiger partial charge >= 0.3 is 0 Å². The summed E-state index contributed by atoms with van der Waals surface area (Å²) in [6, 6.07) is 0. The lowest BCUT2D eigenvalue weighted by Gasteiger charge is -2.45. The highest BCUT2D eigenvalue weighted by Gasteiger charge is 2.36. The third-order valence-corrected chi connectivity index (χ3v) is 2.56. The van der Waals surface area contributed by atoms with Crippen molar-refractivity contribution in [3.05, 3.63) is 12.7 Å². The fourth-order valence-corrected chi connectivity index (χ4v) is 2.57. The van der Waals surface area contributed by atoms with Crippen molar-refractivity contribution in [3.8, 4) is 0 Å². The molecule has 0 atom stereocenters. The van der Waals surface area contributed by atoms with Gasteiger partial charge in [0, 0.05) is 11.1 Å². The molecular weight excluding hydrogens is 146 g/mol. The zero-order chi connectivity index (χ0) is 9.41. The molecule has 0 spiro atoms. The Morgan fingerprint density at radius 3 is 1.92 bits per heavy atom. The van der Waals surface area contributed by atoms with E-state index in [0.29, 0.717) is 5.92 Å². The van der Waals surface area contributed by atoms with E-state index >= 15 is 0 Å². The molecule has 1 N–H and O–H groups in total. The van der Waals surface area contributed by atoms with Crippen molar-refractivity contribution in [1.29, 1.82) is 0 Å². The van der Waals surface area contributed by atoms with Gasteiger partial charge in [-0.15, -0.1) is 6.58 Å². The van der Waals surface area contributed by atoms with E-state index in [2.05, 4.69) is 45.7 Å². The van der Waals surface area contributed by atoms with Crippen molar-refractivity contribution in [2.75, 3.05) is 0 Å². The Morgan fingerprint density at radius 2 is 1.58 bits per heavy atom. The van der Waals surface area contributed by atoms with Gasteiger partial charge < -0.3 is 5.32 Å².